The highest BCUT2D eigenvalue weighted by Crippen LogP contribution is 2.49. The van der Waals surface area contributed by atoms with Crippen molar-refractivity contribution in [3.05, 3.63) is 0 Å². The quantitative estimate of drug-likeness (QED) is 0.774. The Balaban J connectivity index is 1.82. The Morgan fingerprint density at radius 2 is 2.06 bits per heavy atom. The van der Waals surface area contributed by atoms with E-state index in [1.165, 1.54) is 32.1 Å². The van der Waals surface area contributed by atoms with Crippen molar-refractivity contribution in [1.82, 2.24) is 5.32 Å². The lowest BCUT2D eigenvalue weighted by atomic mass is 9.81. The first kappa shape index (κ1) is 13.4. The van der Waals surface area contributed by atoms with Crippen LogP contribution >= 0.6 is 15.9 Å². The van der Waals surface area contributed by atoms with E-state index in [9.17, 15) is 4.79 Å². The minimum absolute atomic E-state index is 0.205. The zero-order chi connectivity index (χ0) is 12.5. The summed E-state index contributed by atoms with van der Waals surface area (Å²) >= 11 is 3.50. The summed E-state index contributed by atoms with van der Waals surface area (Å²) in [5.41, 5.74) is 0.637. The fourth-order valence-corrected chi connectivity index (χ4v) is 3.94. The Kier molecular flexibility index (Phi) is 3.86. The number of alkyl halides is 1. The molecule has 0 spiro atoms. The normalized spacial score (nSPS) is 29.0. The number of halogens is 1. The van der Waals surface area contributed by atoms with Crippen molar-refractivity contribution < 1.29 is 4.79 Å². The van der Waals surface area contributed by atoms with E-state index in [1.54, 1.807) is 0 Å². The lowest BCUT2D eigenvalue weighted by molar-refractivity contribution is -0.127. The summed E-state index contributed by atoms with van der Waals surface area (Å²) in [7, 11) is 0. The second-order valence-corrected chi connectivity index (χ2v) is 7.38. The molecule has 0 radical (unpaired) electrons. The van der Waals surface area contributed by atoms with Gasteiger partial charge in [0, 0.05) is 17.8 Å². The largest absolute Gasteiger partial charge is 0.355 e. The zero-order valence-electron chi connectivity index (χ0n) is 11.0. The van der Waals surface area contributed by atoms with Crippen molar-refractivity contribution in [2.24, 2.45) is 16.7 Å². The van der Waals surface area contributed by atoms with E-state index >= 15 is 0 Å². The second kappa shape index (κ2) is 4.91. The van der Waals surface area contributed by atoms with Gasteiger partial charge in [-0.1, -0.05) is 36.2 Å². The van der Waals surface area contributed by atoms with Crippen LogP contribution < -0.4 is 5.32 Å². The van der Waals surface area contributed by atoms with Crippen molar-refractivity contribution in [2.75, 3.05) is 11.9 Å². The Morgan fingerprint density at radius 1 is 1.35 bits per heavy atom. The maximum absolute atomic E-state index is 12.2. The SMILES string of the molecule is CC1(C)CCCC1C(=O)NCC1(CCBr)CC1. The molecule has 2 nitrogen and oxygen atoms in total. The van der Waals surface area contributed by atoms with Gasteiger partial charge in [0.15, 0.2) is 0 Å². The van der Waals surface area contributed by atoms with Crippen LogP contribution in [-0.4, -0.2) is 17.8 Å². The van der Waals surface area contributed by atoms with Gasteiger partial charge in [0.1, 0.15) is 0 Å². The first-order chi connectivity index (χ1) is 7.99. The Bertz CT molecular complexity index is 297. The molecule has 2 rings (SSSR count). The van der Waals surface area contributed by atoms with E-state index in [0.29, 0.717) is 11.3 Å². The van der Waals surface area contributed by atoms with E-state index in [1.807, 2.05) is 0 Å². The third-order valence-corrected chi connectivity index (χ3v) is 5.19. The van der Waals surface area contributed by atoms with Gasteiger partial charge in [-0.25, -0.2) is 0 Å². The van der Waals surface area contributed by atoms with Crippen LogP contribution in [0.4, 0.5) is 0 Å². The van der Waals surface area contributed by atoms with E-state index in [-0.39, 0.29) is 11.3 Å². The number of carbonyl (C=O) groups is 1. The Hall–Kier alpha value is -0.0500. The average Bonchev–Trinajstić information content (AvgIpc) is 2.93. The van der Waals surface area contributed by atoms with Gasteiger partial charge in [-0.05, 0) is 42.9 Å². The smallest absolute Gasteiger partial charge is 0.223 e. The standard InChI is InChI=1S/C14H24BrNO/c1-13(2)5-3-4-11(13)12(17)16-10-14(6-7-14)8-9-15/h11H,3-10H2,1-2H3,(H,16,17). The van der Waals surface area contributed by atoms with Crippen molar-refractivity contribution in [1.29, 1.82) is 0 Å². The van der Waals surface area contributed by atoms with Gasteiger partial charge >= 0.3 is 0 Å². The van der Waals surface area contributed by atoms with Gasteiger partial charge in [-0.2, -0.15) is 0 Å². The molecule has 17 heavy (non-hydrogen) atoms. The molecular weight excluding hydrogens is 278 g/mol. The van der Waals surface area contributed by atoms with Crippen molar-refractivity contribution in [3.63, 3.8) is 0 Å². The van der Waals surface area contributed by atoms with E-state index in [4.69, 9.17) is 0 Å². The van der Waals surface area contributed by atoms with E-state index in [0.717, 1.165) is 18.3 Å². The number of carbonyl (C=O) groups excluding carboxylic acids is 1. The van der Waals surface area contributed by atoms with Gasteiger partial charge < -0.3 is 5.32 Å². The molecule has 0 aromatic carbocycles. The van der Waals surface area contributed by atoms with Gasteiger partial charge in [0.05, 0.1) is 0 Å². The van der Waals surface area contributed by atoms with Crippen molar-refractivity contribution >= 4 is 21.8 Å². The maximum Gasteiger partial charge on any atom is 0.223 e. The highest BCUT2D eigenvalue weighted by molar-refractivity contribution is 9.09. The van der Waals surface area contributed by atoms with Crippen LogP contribution in [0.3, 0.4) is 0 Å². The Morgan fingerprint density at radius 3 is 2.53 bits per heavy atom. The molecule has 2 aliphatic carbocycles. The lowest BCUT2D eigenvalue weighted by Crippen LogP contribution is -2.39. The molecule has 1 atom stereocenters. The predicted octanol–water partition coefficient (Wildman–Crippen LogP) is 3.49. The van der Waals surface area contributed by atoms with Gasteiger partial charge in [0.25, 0.3) is 0 Å². The molecule has 0 bridgehead atoms. The van der Waals surface area contributed by atoms with Crippen molar-refractivity contribution in [2.45, 2.75) is 52.4 Å². The summed E-state index contributed by atoms with van der Waals surface area (Å²) in [5, 5.41) is 4.26. The molecule has 2 saturated carbocycles. The monoisotopic (exact) mass is 301 g/mol. The molecular formula is C14H24BrNO. The molecule has 98 valence electrons. The van der Waals surface area contributed by atoms with Crippen molar-refractivity contribution in [3.8, 4) is 0 Å². The van der Waals surface area contributed by atoms with Crippen LogP contribution in [0.5, 0.6) is 0 Å². The van der Waals surface area contributed by atoms with Gasteiger partial charge in [-0.15, -0.1) is 0 Å². The molecule has 3 heteroatoms. The summed E-state index contributed by atoms with van der Waals surface area (Å²) in [6.45, 7) is 5.36. The molecule has 1 unspecified atom stereocenters. The molecule has 1 N–H and O–H groups in total. The summed E-state index contributed by atoms with van der Waals surface area (Å²) in [6.07, 6.45) is 7.24. The zero-order valence-corrected chi connectivity index (χ0v) is 12.6. The van der Waals surface area contributed by atoms with Crippen LogP contribution in [0.25, 0.3) is 0 Å². The summed E-state index contributed by atoms with van der Waals surface area (Å²) < 4.78 is 0. The highest BCUT2D eigenvalue weighted by atomic mass is 79.9. The average molecular weight is 302 g/mol. The number of hydrogen-bond donors (Lipinski definition) is 1. The second-order valence-electron chi connectivity index (χ2n) is 6.59. The van der Waals surface area contributed by atoms with E-state index < -0.39 is 0 Å². The minimum Gasteiger partial charge on any atom is -0.355 e. The van der Waals surface area contributed by atoms with Gasteiger partial charge in [-0.3, -0.25) is 4.79 Å². The maximum atomic E-state index is 12.2. The number of rotatable bonds is 5. The molecule has 2 aliphatic rings. The third kappa shape index (κ3) is 3.04. The fraction of sp³-hybridized carbons (Fsp3) is 0.929. The van der Waals surface area contributed by atoms with E-state index in [2.05, 4.69) is 35.1 Å². The molecule has 0 saturated heterocycles. The summed E-state index contributed by atoms with van der Waals surface area (Å²) in [5.74, 6) is 0.538. The number of nitrogens with one attached hydrogen (secondary N) is 1. The fourth-order valence-electron chi connectivity index (χ4n) is 3.10. The molecule has 1 amide bonds. The first-order valence-electron chi connectivity index (χ1n) is 6.83. The first-order valence-corrected chi connectivity index (χ1v) is 7.95. The van der Waals surface area contributed by atoms with Crippen LogP contribution in [0.15, 0.2) is 0 Å². The molecule has 0 aliphatic heterocycles. The van der Waals surface area contributed by atoms with Crippen LogP contribution in [-0.2, 0) is 4.79 Å². The molecule has 2 fully saturated rings. The van der Waals surface area contributed by atoms with Crippen LogP contribution in [0.2, 0.25) is 0 Å². The van der Waals surface area contributed by atoms with Crippen LogP contribution in [0.1, 0.15) is 52.4 Å². The van der Waals surface area contributed by atoms with Gasteiger partial charge in [0.2, 0.25) is 5.91 Å². The molecule has 0 aromatic rings. The number of amides is 1. The summed E-state index contributed by atoms with van der Waals surface area (Å²) in [4.78, 5) is 12.2. The lowest BCUT2D eigenvalue weighted by Gasteiger charge is -2.26. The summed E-state index contributed by atoms with van der Waals surface area (Å²) in [6, 6.07) is 0. The number of hydrogen-bond acceptors (Lipinski definition) is 1. The third-order valence-electron chi connectivity index (χ3n) is 4.79. The molecule has 0 aromatic heterocycles. The minimum atomic E-state index is 0.205. The Labute approximate surface area is 113 Å². The van der Waals surface area contributed by atoms with Crippen LogP contribution in [0, 0.1) is 16.7 Å². The molecule has 0 heterocycles. The topological polar surface area (TPSA) is 29.1 Å². The predicted molar refractivity (Wildman–Crippen MR) is 74.2 cm³/mol. The highest BCUT2D eigenvalue weighted by Gasteiger charge is 2.44.